The maximum atomic E-state index is 13.8. The zero-order valence-corrected chi connectivity index (χ0v) is 10.0. The summed E-state index contributed by atoms with van der Waals surface area (Å²) in [5, 5.41) is 0.495. The molecule has 0 aliphatic rings. The van der Waals surface area contributed by atoms with Gasteiger partial charge in [-0.15, -0.1) is 0 Å². The molecule has 0 aliphatic heterocycles. The highest BCUT2D eigenvalue weighted by Crippen LogP contribution is 2.28. The fourth-order valence-corrected chi connectivity index (χ4v) is 2.18. The number of hydrogen-bond acceptors (Lipinski definition) is 2. The van der Waals surface area contributed by atoms with E-state index in [1.807, 2.05) is 0 Å². The van der Waals surface area contributed by atoms with Crippen molar-refractivity contribution in [2.24, 2.45) is 0 Å². The van der Waals surface area contributed by atoms with Gasteiger partial charge in [-0.05, 0) is 24.3 Å². The minimum Gasteiger partial charge on any atom is -0.369 e. The van der Waals surface area contributed by atoms with Crippen LogP contribution >= 0.6 is 11.6 Å². The van der Waals surface area contributed by atoms with Crippen LogP contribution in [0.15, 0.2) is 42.5 Å². The van der Waals surface area contributed by atoms with Crippen molar-refractivity contribution in [3.63, 3.8) is 0 Å². The van der Waals surface area contributed by atoms with Crippen LogP contribution in [0.2, 0.25) is 5.02 Å². The van der Waals surface area contributed by atoms with Gasteiger partial charge in [0.05, 0.1) is 16.2 Å². The summed E-state index contributed by atoms with van der Waals surface area (Å²) in [6.45, 7) is 0. The molecule has 0 saturated carbocycles. The first kappa shape index (κ1) is 11.0. The molecule has 0 fully saturated rings. The number of nitrogen functional groups attached to an aromatic ring is 1. The number of nitrogens with two attached hydrogens (primary N) is 1. The van der Waals surface area contributed by atoms with Crippen LogP contribution in [-0.4, -0.2) is 9.55 Å². The van der Waals surface area contributed by atoms with Crippen LogP contribution < -0.4 is 5.73 Å². The minimum atomic E-state index is -0.358. The fourth-order valence-electron chi connectivity index (χ4n) is 1.97. The zero-order chi connectivity index (χ0) is 12.7. The Balaban J connectivity index is 2.40. The second-order valence-corrected chi connectivity index (χ2v) is 4.27. The average molecular weight is 262 g/mol. The Bertz CT molecular complexity index is 736. The molecule has 0 saturated heterocycles. The number of benzene rings is 2. The molecule has 0 aliphatic carbocycles. The number of para-hydroxylation sites is 2. The first-order chi connectivity index (χ1) is 8.68. The van der Waals surface area contributed by atoms with E-state index in [0.29, 0.717) is 21.7 Å². The second kappa shape index (κ2) is 3.99. The Morgan fingerprint density at radius 1 is 1.11 bits per heavy atom. The van der Waals surface area contributed by atoms with E-state index < -0.39 is 0 Å². The summed E-state index contributed by atoms with van der Waals surface area (Å²) < 4.78 is 15.4. The van der Waals surface area contributed by atoms with Gasteiger partial charge >= 0.3 is 0 Å². The van der Waals surface area contributed by atoms with E-state index in [1.165, 1.54) is 6.07 Å². The molecule has 0 bridgehead atoms. The molecule has 2 N–H and O–H groups in total. The monoisotopic (exact) mass is 261 g/mol. The molecule has 3 rings (SSSR count). The number of fused-ring (bicyclic) bond motifs is 1. The molecular weight excluding hydrogens is 253 g/mol. The summed E-state index contributed by atoms with van der Waals surface area (Å²) in [7, 11) is 0. The van der Waals surface area contributed by atoms with Crippen LogP contribution in [0.25, 0.3) is 16.7 Å². The zero-order valence-electron chi connectivity index (χ0n) is 9.27. The smallest absolute Gasteiger partial charge is 0.206 e. The summed E-state index contributed by atoms with van der Waals surface area (Å²) in [5.74, 6) is -0.147. The Labute approximate surface area is 108 Å². The molecule has 1 heterocycles. The highest BCUT2D eigenvalue weighted by atomic mass is 35.5. The summed E-state index contributed by atoms with van der Waals surface area (Å²) in [4.78, 5) is 4.17. The fraction of sp³-hybridized carbons (Fsp3) is 0. The summed E-state index contributed by atoms with van der Waals surface area (Å²) in [6.07, 6.45) is 0. The van der Waals surface area contributed by atoms with Gasteiger partial charge in [-0.2, -0.15) is 0 Å². The minimum absolute atomic E-state index is 0.211. The van der Waals surface area contributed by atoms with Gasteiger partial charge in [0.2, 0.25) is 5.95 Å². The third kappa shape index (κ3) is 1.54. The molecular formula is C13H9ClFN3. The lowest BCUT2D eigenvalue weighted by Crippen LogP contribution is -2.02. The van der Waals surface area contributed by atoms with E-state index in [4.69, 9.17) is 17.3 Å². The van der Waals surface area contributed by atoms with Crippen LogP contribution in [0.1, 0.15) is 0 Å². The van der Waals surface area contributed by atoms with Crippen molar-refractivity contribution in [3.8, 4) is 5.69 Å². The Morgan fingerprint density at radius 3 is 2.67 bits per heavy atom. The Kier molecular flexibility index (Phi) is 2.45. The lowest BCUT2D eigenvalue weighted by atomic mass is 10.2. The highest BCUT2D eigenvalue weighted by Gasteiger charge is 2.14. The van der Waals surface area contributed by atoms with E-state index in [0.717, 1.165) is 0 Å². The standard InChI is InChI=1S/C13H9ClFN3/c14-8-4-3-7-11-12(8)17-13(16)18(11)10-6-2-1-5-9(10)15/h1-7H,(H2,16,17). The summed E-state index contributed by atoms with van der Waals surface area (Å²) in [5.41, 5.74) is 7.47. The molecule has 3 aromatic rings. The number of halogens is 2. The molecule has 5 heteroatoms. The van der Waals surface area contributed by atoms with Gasteiger partial charge in [-0.3, -0.25) is 4.57 Å². The van der Waals surface area contributed by atoms with Crippen molar-refractivity contribution in [3.05, 3.63) is 53.3 Å². The molecule has 90 valence electrons. The van der Waals surface area contributed by atoms with Gasteiger partial charge in [0.25, 0.3) is 0 Å². The molecule has 0 amide bonds. The summed E-state index contributed by atoms with van der Waals surface area (Å²) in [6, 6.07) is 11.7. The van der Waals surface area contributed by atoms with Gasteiger partial charge in [0.15, 0.2) is 0 Å². The van der Waals surface area contributed by atoms with Crippen LogP contribution in [0.5, 0.6) is 0 Å². The van der Waals surface area contributed by atoms with Crippen molar-refractivity contribution in [2.45, 2.75) is 0 Å². The quantitative estimate of drug-likeness (QED) is 0.730. The third-order valence-corrected chi connectivity index (χ3v) is 3.06. The number of rotatable bonds is 1. The van der Waals surface area contributed by atoms with E-state index in [9.17, 15) is 4.39 Å². The predicted octanol–water partition coefficient (Wildman–Crippen LogP) is 3.40. The van der Waals surface area contributed by atoms with Gasteiger partial charge in [0, 0.05) is 0 Å². The van der Waals surface area contributed by atoms with Gasteiger partial charge < -0.3 is 5.73 Å². The van der Waals surface area contributed by atoms with Gasteiger partial charge in [0.1, 0.15) is 11.3 Å². The van der Waals surface area contributed by atoms with E-state index in [2.05, 4.69) is 4.98 Å². The van der Waals surface area contributed by atoms with Crippen molar-refractivity contribution in [1.82, 2.24) is 9.55 Å². The molecule has 0 spiro atoms. The van der Waals surface area contributed by atoms with Crippen molar-refractivity contribution >= 4 is 28.6 Å². The molecule has 0 radical (unpaired) electrons. The topological polar surface area (TPSA) is 43.8 Å². The number of hydrogen-bond donors (Lipinski definition) is 1. The maximum absolute atomic E-state index is 13.8. The van der Waals surface area contributed by atoms with Crippen LogP contribution in [0.4, 0.5) is 10.3 Å². The predicted molar refractivity (Wildman–Crippen MR) is 70.5 cm³/mol. The van der Waals surface area contributed by atoms with E-state index >= 15 is 0 Å². The lowest BCUT2D eigenvalue weighted by molar-refractivity contribution is 0.620. The van der Waals surface area contributed by atoms with E-state index in [1.54, 1.807) is 41.0 Å². The van der Waals surface area contributed by atoms with Crippen molar-refractivity contribution in [1.29, 1.82) is 0 Å². The molecule has 0 unspecified atom stereocenters. The van der Waals surface area contributed by atoms with Crippen LogP contribution in [0.3, 0.4) is 0 Å². The van der Waals surface area contributed by atoms with Gasteiger partial charge in [-0.1, -0.05) is 29.8 Å². The normalized spacial score (nSPS) is 11.0. The van der Waals surface area contributed by atoms with Gasteiger partial charge in [-0.25, -0.2) is 9.37 Å². The van der Waals surface area contributed by atoms with Crippen molar-refractivity contribution < 1.29 is 4.39 Å². The third-order valence-electron chi connectivity index (χ3n) is 2.76. The van der Waals surface area contributed by atoms with E-state index in [-0.39, 0.29) is 11.8 Å². The first-order valence-electron chi connectivity index (χ1n) is 5.36. The molecule has 2 aromatic carbocycles. The second-order valence-electron chi connectivity index (χ2n) is 3.86. The van der Waals surface area contributed by atoms with Crippen molar-refractivity contribution in [2.75, 3.05) is 5.73 Å². The van der Waals surface area contributed by atoms with Crippen LogP contribution in [0, 0.1) is 5.82 Å². The largest absolute Gasteiger partial charge is 0.369 e. The van der Waals surface area contributed by atoms with Crippen LogP contribution in [-0.2, 0) is 0 Å². The molecule has 3 nitrogen and oxygen atoms in total. The number of anilines is 1. The molecule has 0 atom stereocenters. The highest BCUT2D eigenvalue weighted by molar-refractivity contribution is 6.35. The SMILES string of the molecule is Nc1nc2c(Cl)cccc2n1-c1ccccc1F. The number of aromatic nitrogens is 2. The Hall–Kier alpha value is -2.07. The average Bonchev–Trinajstić information content (AvgIpc) is 2.68. The lowest BCUT2D eigenvalue weighted by Gasteiger charge is -2.07. The first-order valence-corrected chi connectivity index (χ1v) is 5.73. The molecule has 1 aromatic heterocycles. The molecule has 18 heavy (non-hydrogen) atoms. The number of nitrogens with zero attached hydrogens (tertiary/aromatic N) is 2. The Morgan fingerprint density at radius 2 is 1.89 bits per heavy atom. The maximum Gasteiger partial charge on any atom is 0.206 e. The number of imidazole rings is 1. The summed E-state index contributed by atoms with van der Waals surface area (Å²) >= 11 is 6.04.